The monoisotopic (exact) mass is 423 g/mol. The van der Waals surface area contributed by atoms with Gasteiger partial charge in [-0.2, -0.15) is 0 Å². The van der Waals surface area contributed by atoms with Gasteiger partial charge in [-0.3, -0.25) is 9.79 Å². The molecule has 1 aromatic heterocycles. The SMILES string of the molecule is CN=C(NCC(=O)NCCOC)N(C)Cc1cccn1C.I. The van der Waals surface area contributed by atoms with Crippen LogP contribution < -0.4 is 10.6 Å². The smallest absolute Gasteiger partial charge is 0.239 e. The fraction of sp³-hybridized carbons (Fsp3) is 0.571. The third-order valence-electron chi connectivity index (χ3n) is 3.06. The second-order valence-corrected chi connectivity index (χ2v) is 4.71. The van der Waals surface area contributed by atoms with Gasteiger partial charge in [0, 0.05) is 46.7 Å². The molecule has 0 saturated heterocycles. The van der Waals surface area contributed by atoms with Crippen molar-refractivity contribution in [2.45, 2.75) is 6.54 Å². The minimum Gasteiger partial charge on any atom is -0.383 e. The lowest BCUT2D eigenvalue weighted by atomic mass is 10.4. The molecule has 0 aliphatic heterocycles. The van der Waals surface area contributed by atoms with Crippen LogP contribution in [0.25, 0.3) is 0 Å². The van der Waals surface area contributed by atoms with E-state index in [4.69, 9.17) is 4.74 Å². The molecule has 0 spiro atoms. The van der Waals surface area contributed by atoms with Crippen LogP contribution in [-0.4, -0.2) is 62.2 Å². The summed E-state index contributed by atoms with van der Waals surface area (Å²) >= 11 is 0. The molecule has 1 rings (SSSR count). The number of rotatable bonds is 7. The Balaban J connectivity index is 0.00000441. The molecular weight excluding hydrogens is 397 g/mol. The number of halogens is 1. The van der Waals surface area contributed by atoms with Crippen LogP contribution in [0.5, 0.6) is 0 Å². The number of carbonyl (C=O) groups excluding carboxylic acids is 1. The van der Waals surface area contributed by atoms with E-state index in [1.807, 2.05) is 31.3 Å². The molecule has 0 bridgehead atoms. The molecular formula is C14H26IN5O2. The summed E-state index contributed by atoms with van der Waals surface area (Å²) in [6.07, 6.45) is 2.00. The zero-order valence-electron chi connectivity index (χ0n) is 13.6. The Bertz CT molecular complexity index is 476. The number of nitrogens with one attached hydrogen (secondary N) is 2. The van der Waals surface area contributed by atoms with Gasteiger partial charge < -0.3 is 24.8 Å². The van der Waals surface area contributed by atoms with E-state index in [-0.39, 0.29) is 36.4 Å². The van der Waals surface area contributed by atoms with Gasteiger partial charge in [0.15, 0.2) is 5.96 Å². The number of amides is 1. The summed E-state index contributed by atoms with van der Waals surface area (Å²) in [5.74, 6) is 0.596. The number of aliphatic imine (C=N–C) groups is 1. The number of guanidine groups is 1. The van der Waals surface area contributed by atoms with Crippen molar-refractivity contribution < 1.29 is 9.53 Å². The summed E-state index contributed by atoms with van der Waals surface area (Å²) in [6.45, 7) is 1.92. The quantitative estimate of drug-likeness (QED) is 0.289. The summed E-state index contributed by atoms with van der Waals surface area (Å²) in [7, 11) is 7.24. The molecule has 7 nitrogen and oxygen atoms in total. The van der Waals surface area contributed by atoms with Crippen molar-refractivity contribution in [3.8, 4) is 0 Å². The number of hydrogen-bond donors (Lipinski definition) is 2. The molecule has 0 saturated carbocycles. The predicted molar refractivity (Wildman–Crippen MR) is 98.5 cm³/mol. The number of ether oxygens (including phenoxy) is 1. The number of nitrogens with zero attached hydrogens (tertiary/aromatic N) is 3. The van der Waals surface area contributed by atoms with E-state index >= 15 is 0 Å². The van der Waals surface area contributed by atoms with Crippen LogP contribution in [0, 0.1) is 0 Å². The van der Waals surface area contributed by atoms with E-state index in [9.17, 15) is 4.79 Å². The Hall–Kier alpha value is -1.29. The van der Waals surface area contributed by atoms with E-state index < -0.39 is 0 Å². The largest absolute Gasteiger partial charge is 0.383 e. The third kappa shape index (κ3) is 7.12. The van der Waals surface area contributed by atoms with Crippen molar-refractivity contribution in [2.75, 3.05) is 40.9 Å². The maximum absolute atomic E-state index is 11.6. The van der Waals surface area contributed by atoms with Crippen molar-refractivity contribution in [1.29, 1.82) is 0 Å². The van der Waals surface area contributed by atoms with E-state index in [1.54, 1.807) is 14.2 Å². The average molecular weight is 423 g/mol. The summed E-state index contributed by atoms with van der Waals surface area (Å²) in [5, 5.41) is 5.79. The fourth-order valence-corrected chi connectivity index (χ4v) is 1.88. The number of aryl methyl sites for hydroxylation is 1. The molecule has 0 unspecified atom stereocenters. The van der Waals surface area contributed by atoms with Crippen molar-refractivity contribution in [3.63, 3.8) is 0 Å². The Morgan fingerprint density at radius 3 is 2.73 bits per heavy atom. The molecule has 0 fully saturated rings. The van der Waals surface area contributed by atoms with Crippen LogP contribution in [0.1, 0.15) is 5.69 Å². The molecule has 1 amide bonds. The first-order valence-electron chi connectivity index (χ1n) is 6.86. The van der Waals surface area contributed by atoms with Crippen LogP contribution in [0.15, 0.2) is 23.3 Å². The molecule has 126 valence electrons. The van der Waals surface area contributed by atoms with Crippen LogP contribution in [0.3, 0.4) is 0 Å². The Morgan fingerprint density at radius 1 is 1.45 bits per heavy atom. The maximum atomic E-state index is 11.6. The molecule has 2 N–H and O–H groups in total. The highest BCUT2D eigenvalue weighted by Crippen LogP contribution is 2.03. The number of aromatic nitrogens is 1. The zero-order chi connectivity index (χ0) is 15.7. The van der Waals surface area contributed by atoms with Crippen LogP contribution in [-0.2, 0) is 23.1 Å². The molecule has 1 aromatic rings. The Kier molecular flexibility index (Phi) is 10.6. The molecule has 0 aromatic carbocycles. The highest BCUT2D eigenvalue weighted by atomic mass is 127. The van der Waals surface area contributed by atoms with E-state index in [0.29, 0.717) is 25.7 Å². The second kappa shape index (κ2) is 11.3. The van der Waals surface area contributed by atoms with E-state index in [2.05, 4.69) is 26.3 Å². The lowest BCUT2D eigenvalue weighted by Crippen LogP contribution is -2.44. The standard InChI is InChI=1S/C14H25N5O2.HI/c1-15-14(17-10-13(20)16-7-9-21-4)19(3)11-12-6-5-8-18(12)2;/h5-6,8H,7,9-11H2,1-4H3,(H,15,17)(H,16,20);1H. The van der Waals surface area contributed by atoms with Gasteiger partial charge in [-0.1, -0.05) is 0 Å². The fourth-order valence-electron chi connectivity index (χ4n) is 1.88. The lowest BCUT2D eigenvalue weighted by molar-refractivity contribution is -0.120. The molecule has 1 heterocycles. The van der Waals surface area contributed by atoms with Gasteiger partial charge in [-0.15, -0.1) is 24.0 Å². The van der Waals surface area contributed by atoms with Gasteiger partial charge >= 0.3 is 0 Å². The van der Waals surface area contributed by atoms with Crippen molar-refractivity contribution >= 4 is 35.8 Å². The number of methoxy groups -OCH3 is 1. The maximum Gasteiger partial charge on any atom is 0.239 e. The summed E-state index contributed by atoms with van der Waals surface area (Å²) < 4.78 is 6.93. The Morgan fingerprint density at radius 2 is 2.18 bits per heavy atom. The normalized spacial score (nSPS) is 10.8. The first kappa shape index (κ1) is 20.7. The van der Waals surface area contributed by atoms with Crippen molar-refractivity contribution in [1.82, 2.24) is 20.1 Å². The van der Waals surface area contributed by atoms with Crippen molar-refractivity contribution in [3.05, 3.63) is 24.0 Å². The second-order valence-electron chi connectivity index (χ2n) is 4.71. The Labute approximate surface area is 149 Å². The highest BCUT2D eigenvalue weighted by molar-refractivity contribution is 14.0. The lowest BCUT2D eigenvalue weighted by Gasteiger charge is -2.22. The van der Waals surface area contributed by atoms with Gasteiger partial charge in [-0.05, 0) is 12.1 Å². The van der Waals surface area contributed by atoms with E-state index in [1.165, 1.54) is 5.69 Å². The van der Waals surface area contributed by atoms with Gasteiger partial charge in [0.05, 0.1) is 19.7 Å². The van der Waals surface area contributed by atoms with Crippen LogP contribution in [0.4, 0.5) is 0 Å². The molecule has 22 heavy (non-hydrogen) atoms. The predicted octanol–water partition coefficient (Wildman–Crippen LogP) is 0.413. The van der Waals surface area contributed by atoms with Gasteiger partial charge in [0.1, 0.15) is 0 Å². The van der Waals surface area contributed by atoms with E-state index in [0.717, 1.165) is 0 Å². The average Bonchev–Trinajstić information content (AvgIpc) is 2.85. The van der Waals surface area contributed by atoms with Crippen LogP contribution in [0.2, 0.25) is 0 Å². The summed E-state index contributed by atoms with van der Waals surface area (Å²) in [4.78, 5) is 17.8. The molecule has 0 atom stereocenters. The first-order valence-corrected chi connectivity index (χ1v) is 6.86. The summed E-state index contributed by atoms with van der Waals surface area (Å²) in [6, 6.07) is 4.06. The molecule has 0 aliphatic carbocycles. The van der Waals surface area contributed by atoms with Gasteiger partial charge in [0.2, 0.25) is 5.91 Å². The topological polar surface area (TPSA) is 70.9 Å². The minimum atomic E-state index is -0.0829. The minimum absolute atomic E-state index is 0. The molecule has 0 radical (unpaired) electrons. The van der Waals surface area contributed by atoms with Gasteiger partial charge in [-0.25, -0.2) is 0 Å². The van der Waals surface area contributed by atoms with Crippen LogP contribution >= 0.6 is 24.0 Å². The summed E-state index contributed by atoms with van der Waals surface area (Å²) in [5.41, 5.74) is 1.17. The van der Waals surface area contributed by atoms with Gasteiger partial charge in [0.25, 0.3) is 0 Å². The molecule has 0 aliphatic rings. The first-order chi connectivity index (χ1) is 10.1. The third-order valence-corrected chi connectivity index (χ3v) is 3.06. The zero-order valence-corrected chi connectivity index (χ0v) is 16.0. The van der Waals surface area contributed by atoms with Crippen molar-refractivity contribution in [2.24, 2.45) is 12.0 Å². The molecule has 8 heteroatoms. The number of carbonyl (C=O) groups is 1. The number of hydrogen-bond acceptors (Lipinski definition) is 3. The highest BCUT2D eigenvalue weighted by Gasteiger charge is 2.09.